The van der Waals surface area contributed by atoms with Gasteiger partial charge in [-0.05, 0) is 63.8 Å². The minimum absolute atomic E-state index is 0.00466. The Morgan fingerprint density at radius 3 is 2.74 bits per heavy atom. The van der Waals surface area contributed by atoms with Crippen LogP contribution in [0.1, 0.15) is 45.4 Å². The van der Waals surface area contributed by atoms with E-state index >= 15 is 0 Å². The fraction of sp³-hybridized carbons (Fsp3) is 0.812. The second-order valence-electron chi connectivity index (χ2n) is 5.94. The van der Waals surface area contributed by atoms with Crippen LogP contribution >= 0.6 is 0 Å². The molecule has 0 aromatic heterocycles. The maximum atomic E-state index is 4.76. The van der Waals surface area contributed by atoms with Gasteiger partial charge in [0.1, 0.15) is 5.66 Å². The van der Waals surface area contributed by atoms with Crippen LogP contribution in [-0.2, 0) is 0 Å². The Morgan fingerprint density at radius 2 is 2.16 bits per heavy atom. The molecule has 3 heteroatoms. The van der Waals surface area contributed by atoms with Crippen LogP contribution < -0.4 is 5.32 Å². The molecule has 2 rings (SSSR count). The molecule has 0 saturated carbocycles. The van der Waals surface area contributed by atoms with Crippen molar-refractivity contribution < 1.29 is 0 Å². The lowest BCUT2D eigenvalue weighted by Crippen LogP contribution is -2.49. The Bertz CT molecular complexity index is 302. The molecule has 0 bridgehead atoms. The molecule has 1 unspecified atom stereocenters. The third-order valence-corrected chi connectivity index (χ3v) is 4.57. The van der Waals surface area contributed by atoms with Crippen LogP contribution in [0, 0.1) is 5.92 Å². The number of allylic oxidation sites excluding steroid dienone is 1. The Kier molecular flexibility index (Phi) is 5.59. The van der Waals surface area contributed by atoms with E-state index in [1.54, 1.807) is 0 Å². The van der Waals surface area contributed by atoms with Gasteiger partial charge in [-0.1, -0.05) is 13.3 Å². The standard InChI is InChI=1S/C16H29N3/c1-3-9-16(10-5-12-18-16)19-13-7-15(8-14-19)6-4-11-17-2/h5,10,12,15,17H,3-4,6-9,11,13-14H2,1-2H3. The van der Waals surface area contributed by atoms with E-state index in [0.717, 1.165) is 18.9 Å². The first kappa shape index (κ1) is 14.7. The van der Waals surface area contributed by atoms with E-state index in [4.69, 9.17) is 4.99 Å². The number of rotatable bonds is 7. The van der Waals surface area contributed by atoms with Gasteiger partial charge in [0.15, 0.2) is 0 Å². The van der Waals surface area contributed by atoms with Crippen molar-refractivity contribution in [1.82, 2.24) is 10.2 Å². The zero-order chi connectivity index (χ0) is 13.6. The van der Waals surface area contributed by atoms with Gasteiger partial charge < -0.3 is 5.32 Å². The smallest absolute Gasteiger partial charge is 0.132 e. The first-order valence-corrected chi connectivity index (χ1v) is 7.93. The first-order chi connectivity index (χ1) is 9.30. The van der Waals surface area contributed by atoms with Crippen LogP contribution in [-0.4, -0.2) is 43.5 Å². The van der Waals surface area contributed by atoms with Crippen molar-refractivity contribution in [3.8, 4) is 0 Å². The first-order valence-electron chi connectivity index (χ1n) is 7.93. The molecule has 3 nitrogen and oxygen atoms in total. The van der Waals surface area contributed by atoms with Gasteiger partial charge in [0.2, 0.25) is 0 Å². The Hall–Kier alpha value is -0.670. The highest BCUT2D eigenvalue weighted by molar-refractivity contribution is 5.75. The van der Waals surface area contributed by atoms with E-state index in [1.165, 1.54) is 45.2 Å². The monoisotopic (exact) mass is 263 g/mol. The summed E-state index contributed by atoms with van der Waals surface area (Å²) in [5.41, 5.74) is 0.00466. The summed E-state index contributed by atoms with van der Waals surface area (Å²) in [7, 11) is 2.04. The molecule has 1 N–H and O–H groups in total. The number of hydrogen-bond donors (Lipinski definition) is 1. The normalized spacial score (nSPS) is 28.3. The fourth-order valence-corrected chi connectivity index (χ4v) is 3.45. The maximum absolute atomic E-state index is 4.76. The summed E-state index contributed by atoms with van der Waals surface area (Å²) in [4.78, 5) is 7.36. The fourth-order valence-electron chi connectivity index (χ4n) is 3.45. The second-order valence-corrected chi connectivity index (χ2v) is 5.94. The van der Waals surface area contributed by atoms with Crippen molar-refractivity contribution in [3.63, 3.8) is 0 Å². The van der Waals surface area contributed by atoms with E-state index < -0.39 is 0 Å². The molecule has 0 spiro atoms. The van der Waals surface area contributed by atoms with Crippen molar-refractivity contribution >= 4 is 6.21 Å². The van der Waals surface area contributed by atoms with E-state index in [-0.39, 0.29) is 5.66 Å². The number of hydrogen-bond acceptors (Lipinski definition) is 3. The van der Waals surface area contributed by atoms with Gasteiger partial charge >= 0.3 is 0 Å². The molecule has 0 radical (unpaired) electrons. The van der Waals surface area contributed by atoms with Gasteiger partial charge in [0.25, 0.3) is 0 Å². The Morgan fingerprint density at radius 1 is 1.37 bits per heavy atom. The predicted molar refractivity (Wildman–Crippen MR) is 82.7 cm³/mol. The summed E-state index contributed by atoms with van der Waals surface area (Å²) in [6, 6.07) is 0. The quantitative estimate of drug-likeness (QED) is 0.715. The van der Waals surface area contributed by atoms with Gasteiger partial charge in [-0.25, -0.2) is 0 Å². The van der Waals surface area contributed by atoms with Crippen LogP contribution in [0.25, 0.3) is 0 Å². The van der Waals surface area contributed by atoms with E-state index in [1.807, 2.05) is 13.3 Å². The van der Waals surface area contributed by atoms with Crippen LogP contribution in [0.2, 0.25) is 0 Å². The molecular weight excluding hydrogens is 234 g/mol. The topological polar surface area (TPSA) is 27.6 Å². The molecule has 0 aliphatic carbocycles. The predicted octanol–water partition coefficient (Wildman–Crippen LogP) is 2.84. The third kappa shape index (κ3) is 3.67. The van der Waals surface area contributed by atoms with Crippen molar-refractivity contribution in [2.45, 2.75) is 51.1 Å². The Labute approximate surface area is 118 Å². The van der Waals surface area contributed by atoms with E-state index in [2.05, 4.69) is 29.3 Å². The summed E-state index contributed by atoms with van der Waals surface area (Å²) >= 11 is 0. The molecule has 0 amide bonds. The lowest BCUT2D eigenvalue weighted by atomic mass is 9.89. The molecule has 2 aliphatic rings. The molecule has 19 heavy (non-hydrogen) atoms. The number of nitrogens with zero attached hydrogens (tertiary/aromatic N) is 2. The van der Waals surface area contributed by atoms with Crippen LogP contribution in [0.4, 0.5) is 0 Å². The summed E-state index contributed by atoms with van der Waals surface area (Å²) in [5, 5.41) is 3.24. The summed E-state index contributed by atoms with van der Waals surface area (Å²) < 4.78 is 0. The zero-order valence-corrected chi connectivity index (χ0v) is 12.6. The highest BCUT2D eigenvalue weighted by atomic mass is 15.3. The van der Waals surface area contributed by atoms with Gasteiger partial charge in [-0.2, -0.15) is 0 Å². The van der Waals surface area contributed by atoms with Crippen molar-refractivity contribution in [3.05, 3.63) is 12.2 Å². The number of piperidine rings is 1. The minimum Gasteiger partial charge on any atom is -0.320 e. The van der Waals surface area contributed by atoms with Crippen LogP contribution in [0.5, 0.6) is 0 Å². The largest absolute Gasteiger partial charge is 0.320 e. The second kappa shape index (κ2) is 7.20. The Balaban J connectivity index is 1.82. The average Bonchev–Trinajstić information content (AvgIpc) is 2.90. The highest BCUT2D eigenvalue weighted by Crippen LogP contribution is 2.33. The van der Waals surface area contributed by atoms with Crippen molar-refractivity contribution in [2.24, 2.45) is 10.9 Å². The average molecular weight is 263 g/mol. The van der Waals surface area contributed by atoms with Crippen molar-refractivity contribution in [1.29, 1.82) is 0 Å². The van der Waals surface area contributed by atoms with Crippen LogP contribution in [0.15, 0.2) is 17.1 Å². The van der Waals surface area contributed by atoms with Gasteiger partial charge in [0.05, 0.1) is 0 Å². The maximum Gasteiger partial charge on any atom is 0.132 e. The SMILES string of the molecule is CCCC1(N2CCC(CCCNC)CC2)C=CC=N1. The summed E-state index contributed by atoms with van der Waals surface area (Å²) in [6.45, 7) is 5.85. The molecule has 2 aliphatic heterocycles. The molecule has 2 heterocycles. The third-order valence-electron chi connectivity index (χ3n) is 4.57. The van der Waals surface area contributed by atoms with Gasteiger partial charge in [0, 0.05) is 19.3 Å². The lowest BCUT2D eigenvalue weighted by molar-refractivity contribution is 0.0806. The molecule has 1 fully saturated rings. The zero-order valence-electron chi connectivity index (χ0n) is 12.6. The van der Waals surface area contributed by atoms with Gasteiger partial charge in [-0.3, -0.25) is 9.89 Å². The summed E-state index contributed by atoms with van der Waals surface area (Å²) in [6.07, 6.45) is 14.2. The molecule has 1 saturated heterocycles. The molecule has 0 aromatic carbocycles. The minimum atomic E-state index is 0.00466. The lowest BCUT2D eigenvalue weighted by Gasteiger charge is -2.42. The highest BCUT2D eigenvalue weighted by Gasteiger charge is 2.36. The molecule has 108 valence electrons. The van der Waals surface area contributed by atoms with E-state index in [0.29, 0.717) is 0 Å². The van der Waals surface area contributed by atoms with Crippen LogP contribution in [0.3, 0.4) is 0 Å². The van der Waals surface area contributed by atoms with E-state index in [9.17, 15) is 0 Å². The molecule has 1 atom stereocenters. The number of aliphatic imine (C=N–C) groups is 1. The van der Waals surface area contributed by atoms with Gasteiger partial charge in [-0.15, -0.1) is 0 Å². The molecular formula is C16H29N3. The van der Waals surface area contributed by atoms with Crippen molar-refractivity contribution in [2.75, 3.05) is 26.7 Å². The number of nitrogens with one attached hydrogen (secondary N) is 1. The molecule has 0 aromatic rings. The number of likely N-dealkylation sites (tertiary alicyclic amines) is 1. The summed E-state index contributed by atoms with van der Waals surface area (Å²) in [5.74, 6) is 0.928.